The van der Waals surface area contributed by atoms with Crippen molar-refractivity contribution in [2.75, 3.05) is 16.8 Å². The Morgan fingerprint density at radius 2 is 1.55 bits per heavy atom. The van der Waals surface area contributed by atoms with Gasteiger partial charge in [-0.15, -0.1) is 0 Å². The maximum absolute atomic E-state index is 13.0. The van der Waals surface area contributed by atoms with Crippen LogP contribution in [-0.4, -0.2) is 18.4 Å². The summed E-state index contributed by atoms with van der Waals surface area (Å²) >= 11 is 0. The lowest BCUT2D eigenvalue weighted by Crippen LogP contribution is -2.28. The smallest absolute Gasteiger partial charge is 0.326 e. The van der Waals surface area contributed by atoms with Gasteiger partial charge in [0.05, 0.1) is 17.0 Å². The summed E-state index contributed by atoms with van der Waals surface area (Å²) in [6.45, 7) is 3.59. The predicted molar refractivity (Wildman–Crippen MR) is 101 cm³/mol. The summed E-state index contributed by atoms with van der Waals surface area (Å²) < 4.78 is 78.0. The summed E-state index contributed by atoms with van der Waals surface area (Å²) in [4.78, 5) is 26.4. The molecule has 2 aromatic rings. The second-order valence-electron chi connectivity index (χ2n) is 7.48. The lowest BCUT2D eigenvalue weighted by atomic mass is 10.1. The molecule has 10 heteroatoms. The monoisotopic (exact) mass is 444 g/mol. The summed E-state index contributed by atoms with van der Waals surface area (Å²) in [5.41, 5.74) is -1.39. The molecule has 2 amide bonds. The predicted octanol–water partition coefficient (Wildman–Crippen LogP) is 5.33. The molecular weight excluding hydrogens is 426 g/mol. The first-order chi connectivity index (χ1) is 14.3. The van der Waals surface area contributed by atoms with Crippen LogP contribution in [0.3, 0.4) is 0 Å². The minimum absolute atomic E-state index is 0.0169. The van der Waals surface area contributed by atoms with Gasteiger partial charge in [-0.1, -0.05) is 12.1 Å². The number of anilines is 2. The molecule has 1 atom stereocenters. The molecule has 2 aromatic carbocycles. The van der Waals surface area contributed by atoms with Crippen LogP contribution in [0.2, 0.25) is 0 Å². The summed E-state index contributed by atoms with van der Waals surface area (Å²) in [5, 5.41) is 2.11. The van der Waals surface area contributed by atoms with E-state index in [2.05, 4.69) is 5.32 Å². The Balaban J connectivity index is 1.83. The molecule has 0 saturated carbocycles. The van der Waals surface area contributed by atoms with E-state index < -0.39 is 41.0 Å². The molecule has 1 aliphatic rings. The van der Waals surface area contributed by atoms with Gasteiger partial charge in [0.1, 0.15) is 0 Å². The quantitative estimate of drug-likeness (QED) is 0.651. The highest BCUT2D eigenvalue weighted by atomic mass is 19.4. The minimum Gasteiger partial charge on any atom is -0.326 e. The van der Waals surface area contributed by atoms with Crippen molar-refractivity contribution < 1.29 is 35.9 Å². The van der Waals surface area contributed by atoms with E-state index in [9.17, 15) is 35.9 Å². The summed E-state index contributed by atoms with van der Waals surface area (Å²) in [6, 6.07) is 6.30. The number of alkyl halides is 6. The third-order valence-corrected chi connectivity index (χ3v) is 5.01. The summed E-state index contributed by atoms with van der Waals surface area (Å²) in [5.74, 6) is -2.10. The van der Waals surface area contributed by atoms with Crippen molar-refractivity contribution >= 4 is 23.2 Å². The van der Waals surface area contributed by atoms with Crippen LogP contribution in [0.25, 0.3) is 0 Å². The number of hydrogen-bond donors (Lipinski definition) is 1. The third-order valence-electron chi connectivity index (χ3n) is 5.01. The van der Waals surface area contributed by atoms with Crippen molar-refractivity contribution in [1.82, 2.24) is 0 Å². The number of nitrogens with one attached hydrogen (secondary N) is 1. The molecule has 0 aromatic heterocycles. The fourth-order valence-electron chi connectivity index (χ4n) is 3.40. The van der Waals surface area contributed by atoms with E-state index in [4.69, 9.17) is 0 Å². The molecule has 4 nitrogen and oxygen atoms in total. The standard InChI is InChI=1S/C21H18F6N2O2/c1-11-3-4-12(2)17(5-11)29-10-13(6-18(29)30)19(31)28-16-8-14(20(22,23)24)7-15(9-16)21(25,26)27/h3-5,7-9,13H,6,10H2,1-2H3,(H,28,31). The van der Waals surface area contributed by atoms with Crippen LogP contribution in [0.5, 0.6) is 0 Å². The van der Waals surface area contributed by atoms with Crippen LogP contribution >= 0.6 is 0 Å². The Bertz CT molecular complexity index is 997. The molecule has 0 radical (unpaired) electrons. The van der Waals surface area contributed by atoms with Crippen molar-refractivity contribution in [3.8, 4) is 0 Å². The lowest BCUT2D eigenvalue weighted by molar-refractivity contribution is -0.143. The molecule has 1 heterocycles. The van der Waals surface area contributed by atoms with E-state index >= 15 is 0 Å². The van der Waals surface area contributed by atoms with Gasteiger partial charge in [-0.25, -0.2) is 0 Å². The molecule has 1 N–H and O–H groups in total. The molecule has 0 bridgehead atoms. The summed E-state index contributed by atoms with van der Waals surface area (Å²) in [6.07, 6.45) is -10.3. The maximum atomic E-state index is 13.0. The first-order valence-corrected chi connectivity index (χ1v) is 9.23. The normalized spacial score (nSPS) is 17.2. The maximum Gasteiger partial charge on any atom is 0.416 e. The van der Waals surface area contributed by atoms with E-state index in [1.54, 1.807) is 13.0 Å². The zero-order valence-corrected chi connectivity index (χ0v) is 16.5. The van der Waals surface area contributed by atoms with Gasteiger partial charge in [0.15, 0.2) is 0 Å². The van der Waals surface area contributed by atoms with E-state index in [0.29, 0.717) is 17.8 Å². The van der Waals surface area contributed by atoms with Gasteiger partial charge >= 0.3 is 12.4 Å². The molecule has 1 fully saturated rings. The number of carbonyl (C=O) groups excluding carboxylic acids is 2. The fourth-order valence-corrected chi connectivity index (χ4v) is 3.40. The zero-order chi connectivity index (χ0) is 23.1. The Morgan fingerprint density at radius 3 is 2.10 bits per heavy atom. The van der Waals surface area contributed by atoms with E-state index in [1.165, 1.54) is 4.90 Å². The highest BCUT2D eigenvalue weighted by Gasteiger charge is 2.39. The van der Waals surface area contributed by atoms with Crippen molar-refractivity contribution in [1.29, 1.82) is 0 Å². The molecule has 1 saturated heterocycles. The Hall–Kier alpha value is -3.04. The summed E-state index contributed by atoms with van der Waals surface area (Å²) in [7, 11) is 0. The molecule has 1 unspecified atom stereocenters. The number of benzene rings is 2. The average molecular weight is 444 g/mol. The second-order valence-corrected chi connectivity index (χ2v) is 7.48. The van der Waals surface area contributed by atoms with E-state index in [0.717, 1.165) is 11.1 Å². The van der Waals surface area contributed by atoms with Crippen LogP contribution in [0.15, 0.2) is 36.4 Å². The number of nitrogens with zero attached hydrogens (tertiary/aromatic N) is 1. The van der Waals surface area contributed by atoms with Crippen molar-refractivity contribution in [2.45, 2.75) is 32.6 Å². The van der Waals surface area contributed by atoms with Crippen molar-refractivity contribution in [3.63, 3.8) is 0 Å². The number of carbonyl (C=O) groups is 2. The Morgan fingerprint density at radius 1 is 0.968 bits per heavy atom. The van der Waals surface area contributed by atoms with Crippen LogP contribution < -0.4 is 10.2 Å². The minimum atomic E-state index is -5.02. The highest BCUT2D eigenvalue weighted by molar-refractivity contribution is 6.04. The van der Waals surface area contributed by atoms with Gasteiger partial charge < -0.3 is 10.2 Å². The van der Waals surface area contributed by atoms with Crippen molar-refractivity contribution in [3.05, 3.63) is 58.7 Å². The zero-order valence-electron chi connectivity index (χ0n) is 16.5. The molecule has 31 heavy (non-hydrogen) atoms. The highest BCUT2D eigenvalue weighted by Crippen LogP contribution is 2.38. The third kappa shape index (κ3) is 5.00. The number of hydrogen-bond acceptors (Lipinski definition) is 2. The number of halogens is 6. The first kappa shape index (κ1) is 22.6. The van der Waals surface area contributed by atoms with Crippen molar-refractivity contribution in [2.24, 2.45) is 5.92 Å². The van der Waals surface area contributed by atoms with Crippen LogP contribution in [0.4, 0.5) is 37.7 Å². The van der Waals surface area contributed by atoms with E-state index in [-0.39, 0.29) is 24.9 Å². The van der Waals surface area contributed by atoms with Crippen LogP contribution in [0.1, 0.15) is 28.7 Å². The van der Waals surface area contributed by atoms with Crippen LogP contribution in [-0.2, 0) is 21.9 Å². The van der Waals surface area contributed by atoms with Gasteiger partial charge in [0.2, 0.25) is 11.8 Å². The average Bonchev–Trinajstić information content (AvgIpc) is 3.04. The second kappa shape index (κ2) is 7.90. The first-order valence-electron chi connectivity index (χ1n) is 9.23. The molecule has 0 spiro atoms. The molecule has 166 valence electrons. The molecular formula is C21H18F6N2O2. The van der Waals surface area contributed by atoms with Gasteiger partial charge in [0, 0.05) is 24.3 Å². The molecule has 3 rings (SSSR count). The number of rotatable bonds is 3. The lowest BCUT2D eigenvalue weighted by Gasteiger charge is -2.20. The van der Waals surface area contributed by atoms with Crippen LogP contribution in [0, 0.1) is 19.8 Å². The molecule has 1 aliphatic heterocycles. The Labute approximate surface area is 173 Å². The van der Waals surface area contributed by atoms with Gasteiger partial charge in [0.25, 0.3) is 0 Å². The van der Waals surface area contributed by atoms with Gasteiger partial charge in [-0.05, 0) is 49.2 Å². The SMILES string of the molecule is Cc1ccc(C)c(N2CC(C(=O)Nc3cc(C(F)(F)F)cc(C(F)(F)F)c3)CC2=O)c1. The largest absolute Gasteiger partial charge is 0.416 e. The van der Waals surface area contributed by atoms with E-state index in [1.807, 2.05) is 19.1 Å². The molecule has 0 aliphatic carbocycles. The number of aryl methyl sites for hydroxylation is 2. The fraction of sp³-hybridized carbons (Fsp3) is 0.333. The Kier molecular flexibility index (Phi) is 5.77. The van der Waals surface area contributed by atoms with Gasteiger partial charge in [-0.2, -0.15) is 26.3 Å². The van der Waals surface area contributed by atoms with Gasteiger partial charge in [-0.3, -0.25) is 9.59 Å². The number of amides is 2. The topological polar surface area (TPSA) is 49.4 Å².